The summed E-state index contributed by atoms with van der Waals surface area (Å²) in [5.74, 6) is 0. The molecule has 68 valence electrons. The van der Waals surface area contributed by atoms with Gasteiger partial charge in [-0.3, -0.25) is 0 Å². The average Bonchev–Trinajstić information content (AvgIpc) is 2.19. The lowest BCUT2D eigenvalue weighted by Crippen LogP contribution is -2.15. The van der Waals surface area contributed by atoms with Gasteiger partial charge in [-0.2, -0.15) is 0 Å². The third kappa shape index (κ3) is 1.90. The van der Waals surface area contributed by atoms with Crippen LogP contribution in [-0.4, -0.2) is 11.2 Å². The van der Waals surface area contributed by atoms with E-state index in [2.05, 4.69) is 0 Å². The van der Waals surface area contributed by atoms with Crippen LogP contribution in [0.2, 0.25) is 0 Å². The van der Waals surface area contributed by atoms with Gasteiger partial charge in [-0.15, -0.1) is 0 Å². The molecule has 0 radical (unpaired) electrons. The second-order valence-corrected chi connectivity index (χ2v) is 3.17. The Hall–Kier alpha value is -1.28. The summed E-state index contributed by atoms with van der Waals surface area (Å²) in [5.41, 5.74) is 1.12. The van der Waals surface area contributed by atoms with E-state index in [1.807, 2.05) is 30.3 Å². The molecule has 1 N–H and O–H groups in total. The largest absolute Gasteiger partial charge is 0.493 e. The number of aliphatic hydroxyl groups is 1. The first-order valence-electron chi connectivity index (χ1n) is 4.41. The van der Waals surface area contributed by atoms with Crippen LogP contribution in [-0.2, 0) is 4.74 Å². The summed E-state index contributed by atoms with van der Waals surface area (Å²) in [6.07, 6.45) is 3.51. The summed E-state index contributed by atoms with van der Waals surface area (Å²) < 4.78 is 5.39. The van der Waals surface area contributed by atoms with E-state index in [1.54, 1.807) is 12.3 Å². The zero-order valence-corrected chi connectivity index (χ0v) is 7.26. The van der Waals surface area contributed by atoms with Crippen molar-refractivity contribution in [2.75, 3.05) is 0 Å². The number of rotatable bonds is 1. The first-order valence-corrected chi connectivity index (χ1v) is 4.41. The smallest absolute Gasteiger partial charge is 0.126 e. The molecule has 0 unspecified atom stereocenters. The molecule has 1 aromatic rings. The van der Waals surface area contributed by atoms with Crippen molar-refractivity contribution in [1.82, 2.24) is 0 Å². The van der Waals surface area contributed by atoms with Crippen LogP contribution in [0.5, 0.6) is 0 Å². The molecule has 0 aliphatic carbocycles. The minimum absolute atomic E-state index is 0.00111. The molecule has 2 nitrogen and oxygen atoms in total. The Labute approximate surface area is 77.5 Å². The molecule has 0 saturated carbocycles. The van der Waals surface area contributed by atoms with Gasteiger partial charge in [0, 0.05) is 6.42 Å². The van der Waals surface area contributed by atoms with Crippen LogP contribution < -0.4 is 0 Å². The van der Waals surface area contributed by atoms with Crippen molar-refractivity contribution in [3.63, 3.8) is 0 Å². The summed E-state index contributed by atoms with van der Waals surface area (Å²) in [7, 11) is 0. The molecule has 0 bridgehead atoms. The van der Waals surface area contributed by atoms with Crippen molar-refractivity contribution in [3.8, 4) is 0 Å². The Bertz CT molecular complexity index is 292. The highest BCUT2D eigenvalue weighted by Gasteiger charge is 2.18. The Morgan fingerprint density at radius 1 is 1.23 bits per heavy atom. The highest BCUT2D eigenvalue weighted by atomic mass is 16.5. The van der Waals surface area contributed by atoms with Gasteiger partial charge < -0.3 is 9.84 Å². The molecule has 2 heteroatoms. The van der Waals surface area contributed by atoms with E-state index < -0.39 is 0 Å². The van der Waals surface area contributed by atoms with Gasteiger partial charge in [0.25, 0.3) is 0 Å². The summed E-state index contributed by atoms with van der Waals surface area (Å²) in [6, 6.07) is 9.94. The zero-order valence-electron chi connectivity index (χ0n) is 7.26. The molecule has 1 aliphatic heterocycles. The summed E-state index contributed by atoms with van der Waals surface area (Å²) in [6.45, 7) is 0. The molecule has 1 aromatic carbocycles. The van der Waals surface area contributed by atoms with E-state index in [0.29, 0.717) is 6.42 Å². The summed E-state index contributed by atoms with van der Waals surface area (Å²) >= 11 is 0. The maximum Gasteiger partial charge on any atom is 0.126 e. The van der Waals surface area contributed by atoms with Crippen LogP contribution in [0.25, 0.3) is 0 Å². The molecular weight excluding hydrogens is 164 g/mol. The summed E-state index contributed by atoms with van der Waals surface area (Å²) in [4.78, 5) is 0. The molecule has 1 heterocycles. The van der Waals surface area contributed by atoms with Crippen LogP contribution in [0, 0.1) is 0 Å². The maximum atomic E-state index is 9.37. The van der Waals surface area contributed by atoms with Crippen molar-refractivity contribution in [3.05, 3.63) is 48.2 Å². The number of hydrogen-bond donors (Lipinski definition) is 1. The first-order chi connectivity index (χ1) is 6.36. The fourth-order valence-electron chi connectivity index (χ4n) is 1.47. The van der Waals surface area contributed by atoms with Gasteiger partial charge in [0.05, 0.1) is 12.4 Å². The van der Waals surface area contributed by atoms with Crippen molar-refractivity contribution in [1.29, 1.82) is 0 Å². The van der Waals surface area contributed by atoms with Crippen molar-refractivity contribution in [2.45, 2.75) is 18.6 Å². The number of ether oxygens (including phenoxy) is 1. The van der Waals surface area contributed by atoms with Crippen molar-refractivity contribution >= 4 is 0 Å². The maximum absolute atomic E-state index is 9.37. The molecule has 2 atom stereocenters. The topological polar surface area (TPSA) is 29.5 Å². The first kappa shape index (κ1) is 8.32. The quantitative estimate of drug-likeness (QED) is 0.709. The fraction of sp³-hybridized carbons (Fsp3) is 0.273. The van der Waals surface area contributed by atoms with Gasteiger partial charge in [-0.1, -0.05) is 30.3 Å². The third-order valence-corrected chi connectivity index (χ3v) is 2.17. The lowest BCUT2D eigenvalue weighted by molar-refractivity contribution is 0.0641. The van der Waals surface area contributed by atoms with Crippen molar-refractivity contribution < 1.29 is 9.84 Å². The molecule has 0 aromatic heterocycles. The van der Waals surface area contributed by atoms with Crippen LogP contribution in [0.4, 0.5) is 0 Å². The Kier molecular flexibility index (Phi) is 2.32. The molecule has 1 aliphatic rings. The van der Waals surface area contributed by atoms with Gasteiger partial charge in [-0.25, -0.2) is 0 Å². The van der Waals surface area contributed by atoms with E-state index in [1.165, 1.54) is 0 Å². The average molecular weight is 176 g/mol. The fourth-order valence-corrected chi connectivity index (χ4v) is 1.47. The van der Waals surface area contributed by atoms with E-state index in [-0.39, 0.29) is 12.2 Å². The monoisotopic (exact) mass is 176 g/mol. The molecule has 13 heavy (non-hydrogen) atoms. The van der Waals surface area contributed by atoms with E-state index >= 15 is 0 Å². The standard InChI is InChI=1S/C11H12O2/c12-10-6-7-13-11(8-10)9-4-2-1-3-5-9/h1-7,10-12H,8H2/t10-,11-/m0/s1. The minimum atomic E-state index is -0.376. The predicted molar refractivity (Wildman–Crippen MR) is 50.0 cm³/mol. The highest BCUT2D eigenvalue weighted by Crippen LogP contribution is 2.26. The lowest BCUT2D eigenvalue weighted by Gasteiger charge is -2.22. The molecule has 0 spiro atoms. The van der Waals surface area contributed by atoms with Crippen LogP contribution in [0.1, 0.15) is 18.1 Å². The Morgan fingerprint density at radius 2 is 2.00 bits per heavy atom. The third-order valence-electron chi connectivity index (χ3n) is 2.17. The molecule has 0 fully saturated rings. The summed E-state index contributed by atoms with van der Waals surface area (Å²) in [5, 5.41) is 9.37. The van der Waals surface area contributed by atoms with Gasteiger partial charge in [0.2, 0.25) is 0 Å². The van der Waals surface area contributed by atoms with E-state index in [0.717, 1.165) is 5.56 Å². The minimum Gasteiger partial charge on any atom is -0.493 e. The highest BCUT2D eigenvalue weighted by molar-refractivity contribution is 5.19. The van der Waals surface area contributed by atoms with Crippen LogP contribution in [0.15, 0.2) is 42.7 Å². The van der Waals surface area contributed by atoms with Gasteiger partial charge in [0.1, 0.15) is 6.10 Å². The molecular formula is C11H12O2. The Morgan fingerprint density at radius 3 is 2.69 bits per heavy atom. The van der Waals surface area contributed by atoms with E-state index in [9.17, 15) is 5.11 Å². The molecule has 2 rings (SSSR count). The second-order valence-electron chi connectivity index (χ2n) is 3.17. The van der Waals surface area contributed by atoms with Gasteiger partial charge in [0.15, 0.2) is 0 Å². The van der Waals surface area contributed by atoms with E-state index in [4.69, 9.17) is 4.74 Å². The molecule has 0 amide bonds. The van der Waals surface area contributed by atoms with Crippen molar-refractivity contribution in [2.24, 2.45) is 0 Å². The lowest BCUT2D eigenvalue weighted by atomic mass is 10.0. The number of benzene rings is 1. The molecule has 0 saturated heterocycles. The number of aliphatic hydroxyl groups excluding tert-OH is 1. The number of hydrogen-bond acceptors (Lipinski definition) is 2. The normalized spacial score (nSPS) is 26.8. The SMILES string of the molecule is O[C@H]1C=CO[C@H](c2ccccc2)C1. The van der Waals surface area contributed by atoms with Gasteiger partial charge in [-0.05, 0) is 11.6 Å². The van der Waals surface area contributed by atoms with Crippen LogP contribution >= 0.6 is 0 Å². The second kappa shape index (κ2) is 3.62. The zero-order chi connectivity index (χ0) is 9.10. The van der Waals surface area contributed by atoms with Gasteiger partial charge >= 0.3 is 0 Å². The Balaban J connectivity index is 2.15. The van der Waals surface area contributed by atoms with Crippen LogP contribution in [0.3, 0.4) is 0 Å². The predicted octanol–water partition coefficient (Wildman–Crippen LogP) is 2.02.